The SMILES string of the molecule is CCS(=O)(=O)c1cccc(C(CC#N)n2cc(-c3ncnc4[nH]ccc34)cn2)c1.O=C(O)C(F)(F)F. The molecular formula is C22H19F3N6O4S. The van der Waals surface area contributed by atoms with Crippen LogP contribution >= 0.6 is 0 Å². The second-order valence-corrected chi connectivity index (χ2v) is 9.61. The van der Waals surface area contributed by atoms with Crippen LogP contribution in [0.25, 0.3) is 22.3 Å². The number of carboxylic acid groups (broad SMARTS) is 1. The van der Waals surface area contributed by atoms with Crippen molar-refractivity contribution in [3.63, 3.8) is 0 Å². The van der Waals surface area contributed by atoms with Crippen LogP contribution in [0.5, 0.6) is 0 Å². The van der Waals surface area contributed by atoms with E-state index in [1.165, 1.54) is 6.33 Å². The number of rotatable bonds is 6. The molecule has 3 aromatic heterocycles. The summed E-state index contributed by atoms with van der Waals surface area (Å²) in [5.41, 5.74) is 2.97. The first-order chi connectivity index (χ1) is 17.0. The topological polar surface area (TPSA) is 155 Å². The molecule has 14 heteroatoms. The van der Waals surface area contributed by atoms with Crippen LogP contribution in [-0.2, 0) is 14.6 Å². The standard InChI is InChI=1S/C20H18N6O2S.C2HF3O2/c1-2-29(27,28)16-5-3-4-14(10-16)18(6-8-21)26-12-15(11-25-26)19-17-7-9-22-20(17)24-13-23-19;3-2(4,5)1(6)7/h3-5,7,9-13,18H,2,6H2,1H3,(H,22,23,24);(H,6,7). The van der Waals surface area contributed by atoms with Crippen molar-refractivity contribution in [3.8, 4) is 17.3 Å². The van der Waals surface area contributed by atoms with Crippen molar-refractivity contribution >= 4 is 26.8 Å². The van der Waals surface area contributed by atoms with Gasteiger partial charge in [-0.3, -0.25) is 4.68 Å². The molecule has 1 aromatic carbocycles. The summed E-state index contributed by atoms with van der Waals surface area (Å²) < 4.78 is 57.9. The van der Waals surface area contributed by atoms with Gasteiger partial charge in [0.2, 0.25) is 0 Å². The van der Waals surface area contributed by atoms with Crippen molar-refractivity contribution in [1.82, 2.24) is 24.7 Å². The van der Waals surface area contributed by atoms with Crippen molar-refractivity contribution in [3.05, 3.63) is 60.8 Å². The van der Waals surface area contributed by atoms with Crippen LogP contribution in [0, 0.1) is 11.3 Å². The zero-order chi connectivity index (χ0) is 26.5. The van der Waals surface area contributed by atoms with Gasteiger partial charge in [-0.15, -0.1) is 0 Å². The first-order valence-corrected chi connectivity index (χ1v) is 12.0. The monoisotopic (exact) mass is 520 g/mol. The van der Waals surface area contributed by atoms with Crippen LogP contribution < -0.4 is 0 Å². The predicted molar refractivity (Wildman–Crippen MR) is 121 cm³/mol. The zero-order valence-corrected chi connectivity index (χ0v) is 19.5. The number of nitriles is 1. The van der Waals surface area contributed by atoms with E-state index in [9.17, 15) is 26.9 Å². The van der Waals surface area contributed by atoms with E-state index < -0.39 is 28.0 Å². The fraction of sp³-hybridized carbons (Fsp3) is 0.227. The lowest BCUT2D eigenvalue weighted by Crippen LogP contribution is -2.21. The molecular weight excluding hydrogens is 501 g/mol. The van der Waals surface area contributed by atoms with E-state index >= 15 is 0 Å². The maximum atomic E-state index is 12.3. The fourth-order valence-electron chi connectivity index (χ4n) is 3.27. The molecule has 0 saturated heterocycles. The Morgan fingerprint density at radius 3 is 2.64 bits per heavy atom. The zero-order valence-electron chi connectivity index (χ0n) is 18.6. The predicted octanol–water partition coefficient (Wildman–Crippen LogP) is 3.75. The van der Waals surface area contributed by atoms with Gasteiger partial charge in [0, 0.05) is 23.3 Å². The quantitative estimate of drug-likeness (QED) is 0.390. The Hall–Kier alpha value is -4.25. The van der Waals surface area contributed by atoms with E-state index in [2.05, 4.69) is 26.1 Å². The molecule has 2 N–H and O–H groups in total. The lowest BCUT2D eigenvalue weighted by Gasteiger charge is -2.16. The third kappa shape index (κ3) is 5.87. The molecule has 36 heavy (non-hydrogen) atoms. The van der Waals surface area contributed by atoms with Gasteiger partial charge in [0.05, 0.1) is 41.1 Å². The normalized spacial score (nSPS) is 12.4. The largest absolute Gasteiger partial charge is 0.490 e. The van der Waals surface area contributed by atoms with Crippen molar-refractivity contribution < 1.29 is 31.5 Å². The summed E-state index contributed by atoms with van der Waals surface area (Å²) >= 11 is 0. The average molecular weight is 520 g/mol. The number of aromatic amines is 1. The van der Waals surface area contributed by atoms with Crippen LogP contribution in [-0.4, -0.2) is 56.2 Å². The van der Waals surface area contributed by atoms with E-state index in [0.29, 0.717) is 5.56 Å². The molecule has 0 bridgehead atoms. The van der Waals surface area contributed by atoms with Crippen LogP contribution in [0.4, 0.5) is 13.2 Å². The maximum Gasteiger partial charge on any atom is 0.490 e. The molecule has 0 saturated carbocycles. The third-order valence-corrected chi connectivity index (χ3v) is 6.79. The van der Waals surface area contributed by atoms with Gasteiger partial charge in [-0.2, -0.15) is 23.5 Å². The van der Waals surface area contributed by atoms with Gasteiger partial charge in [0.15, 0.2) is 9.84 Å². The maximum absolute atomic E-state index is 12.3. The molecule has 3 heterocycles. The molecule has 0 aliphatic heterocycles. The highest BCUT2D eigenvalue weighted by molar-refractivity contribution is 7.91. The van der Waals surface area contributed by atoms with Crippen molar-refractivity contribution in [2.24, 2.45) is 0 Å². The number of aliphatic carboxylic acids is 1. The number of halogens is 3. The van der Waals surface area contributed by atoms with Crippen molar-refractivity contribution in [2.75, 3.05) is 5.75 Å². The summed E-state index contributed by atoms with van der Waals surface area (Å²) in [5, 5.41) is 21.8. The Morgan fingerprint density at radius 2 is 2.00 bits per heavy atom. The number of alkyl halides is 3. The molecule has 0 radical (unpaired) electrons. The van der Waals surface area contributed by atoms with Gasteiger partial charge in [-0.25, -0.2) is 23.2 Å². The number of nitrogens with one attached hydrogen (secondary N) is 1. The summed E-state index contributed by atoms with van der Waals surface area (Å²) in [6, 6.07) is 10.4. The number of hydrogen-bond donors (Lipinski definition) is 2. The van der Waals surface area contributed by atoms with Gasteiger partial charge in [-0.05, 0) is 23.8 Å². The van der Waals surface area contributed by atoms with Crippen LogP contribution in [0.2, 0.25) is 0 Å². The Balaban J connectivity index is 0.000000454. The molecule has 4 rings (SSSR count). The summed E-state index contributed by atoms with van der Waals surface area (Å²) in [6.07, 6.45) is 1.85. The molecule has 4 aromatic rings. The molecule has 0 aliphatic rings. The Labute approximate surface area is 203 Å². The molecule has 10 nitrogen and oxygen atoms in total. The van der Waals surface area contributed by atoms with Crippen molar-refractivity contribution in [1.29, 1.82) is 5.26 Å². The fourth-order valence-corrected chi connectivity index (χ4v) is 4.20. The Morgan fingerprint density at radius 1 is 1.28 bits per heavy atom. The molecule has 0 spiro atoms. The first kappa shape index (κ1) is 26.4. The van der Waals surface area contributed by atoms with E-state index in [0.717, 1.165) is 22.3 Å². The molecule has 0 aliphatic carbocycles. The lowest BCUT2D eigenvalue weighted by molar-refractivity contribution is -0.192. The van der Waals surface area contributed by atoms with E-state index in [-0.39, 0.29) is 17.1 Å². The van der Waals surface area contributed by atoms with Crippen molar-refractivity contribution in [2.45, 2.75) is 30.5 Å². The highest BCUT2D eigenvalue weighted by Crippen LogP contribution is 2.28. The smallest absolute Gasteiger partial charge is 0.475 e. The lowest BCUT2D eigenvalue weighted by atomic mass is 10.0. The molecule has 0 amide bonds. The third-order valence-electron chi connectivity index (χ3n) is 5.06. The number of H-pyrrole nitrogens is 1. The number of sulfone groups is 1. The molecule has 1 unspecified atom stereocenters. The summed E-state index contributed by atoms with van der Waals surface area (Å²) in [7, 11) is -3.34. The minimum atomic E-state index is -5.08. The van der Waals surface area contributed by atoms with E-state index in [1.54, 1.807) is 42.2 Å². The van der Waals surface area contributed by atoms with Crippen LogP contribution in [0.1, 0.15) is 24.9 Å². The number of carbonyl (C=O) groups is 1. The second kappa shape index (κ2) is 10.6. The minimum absolute atomic E-state index is 0.0195. The van der Waals surface area contributed by atoms with Gasteiger partial charge < -0.3 is 10.1 Å². The van der Waals surface area contributed by atoms with E-state index in [1.807, 2.05) is 18.3 Å². The van der Waals surface area contributed by atoms with Gasteiger partial charge in [0.1, 0.15) is 12.0 Å². The number of fused-ring (bicyclic) bond motifs is 1. The number of nitrogens with zero attached hydrogens (tertiary/aromatic N) is 5. The molecule has 188 valence electrons. The van der Waals surface area contributed by atoms with E-state index in [4.69, 9.17) is 9.90 Å². The summed E-state index contributed by atoms with van der Waals surface area (Å²) in [5.74, 6) is -2.74. The number of hydrogen-bond acceptors (Lipinski definition) is 7. The minimum Gasteiger partial charge on any atom is -0.475 e. The van der Waals surface area contributed by atoms with Gasteiger partial charge >= 0.3 is 12.1 Å². The molecule has 0 fully saturated rings. The number of aromatic nitrogens is 5. The van der Waals surface area contributed by atoms with Crippen LogP contribution in [0.15, 0.2) is 60.1 Å². The number of benzene rings is 1. The van der Waals surface area contributed by atoms with Gasteiger partial charge in [-0.1, -0.05) is 19.1 Å². The Kier molecular flexibility index (Phi) is 7.74. The average Bonchev–Trinajstić information content (AvgIpc) is 3.52. The van der Waals surface area contributed by atoms with Gasteiger partial charge in [0.25, 0.3) is 0 Å². The summed E-state index contributed by atoms with van der Waals surface area (Å²) in [6.45, 7) is 1.61. The number of carboxylic acids is 1. The highest BCUT2D eigenvalue weighted by Gasteiger charge is 2.38. The van der Waals surface area contributed by atoms with Crippen LogP contribution in [0.3, 0.4) is 0 Å². The first-order valence-electron chi connectivity index (χ1n) is 10.3. The second-order valence-electron chi connectivity index (χ2n) is 7.33. The Bertz CT molecular complexity index is 1520. The highest BCUT2D eigenvalue weighted by atomic mass is 32.2. The molecule has 1 atom stereocenters. The summed E-state index contributed by atoms with van der Waals surface area (Å²) in [4.78, 5) is 20.8.